The number of likely N-dealkylation sites (tertiary alicyclic amines) is 1. The van der Waals surface area contributed by atoms with E-state index < -0.39 is 0 Å². The molecule has 0 bridgehead atoms. The van der Waals surface area contributed by atoms with Crippen molar-refractivity contribution in [3.05, 3.63) is 71.3 Å². The summed E-state index contributed by atoms with van der Waals surface area (Å²) in [5, 5.41) is 0. The van der Waals surface area contributed by atoms with Crippen LogP contribution in [-0.4, -0.2) is 37.3 Å². The molecule has 27 heavy (non-hydrogen) atoms. The van der Waals surface area contributed by atoms with E-state index in [0.717, 1.165) is 44.6 Å². The lowest BCUT2D eigenvalue weighted by Gasteiger charge is -2.17. The molecule has 0 saturated carbocycles. The summed E-state index contributed by atoms with van der Waals surface area (Å²) >= 11 is 0. The molecular weight excluding hydrogens is 337 g/mol. The van der Waals surface area contributed by atoms with E-state index in [9.17, 15) is 4.39 Å². The minimum absolute atomic E-state index is 0.204. The first-order chi connectivity index (χ1) is 13.3. The molecule has 0 spiro atoms. The molecule has 1 saturated heterocycles. The third kappa shape index (κ3) is 4.41. The Morgan fingerprint density at radius 3 is 2.96 bits per heavy atom. The minimum Gasteiger partial charge on any atom is -0.489 e. The molecule has 2 aromatic carbocycles. The maximum atomic E-state index is 12.4. The lowest BCUT2D eigenvalue weighted by atomic mass is 9.94. The molecule has 2 aromatic rings. The molecule has 142 valence electrons. The smallest absolute Gasteiger partial charge is 0.120 e. The van der Waals surface area contributed by atoms with Gasteiger partial charge >= 0.3 is 0 Å². The molecule has 3 heteroatoms. The zero-order valence-corrected chi connectivity index (χ0v) is 15.9. The Morgan fingerprint density at radius 1 is 1.11 bits per heavy atom. The van der Waals surface area contributed by atoms with Crippen molar-refractivity contribution in [3.8, 4) is 5.75 Å². The van der Waals surface area contributed by atoms with Crippen molar-refractivity contribution in [1.29, 1.82) is 0 Å². The van der Waals surface area contributed by atoms with E-state index in [2.05, 4.69) is 59.5 Å². The molecule has 0 aromatic heterocycles. The second kappa shape index (κ2) is 8.71. The van der Waals surface area contributed by atoms with Gasteiger partial charge in [-0.1, -0.05) is 42.5 Å². The van der Waals surface area contributed by atoms with Crippen LogP contribution in [0.5, 0.6) is 5.75 Å². The highest BCUT2D eigenvalue weighted by atomic mass is 19.1. The van der Waals surface area contributed by atoms with Crippen LogP contribution in [0.2, 0.25) is 0 Å². The number of fused-ring (bicyclic) bond motifs is 1. The monoisotopic (exact) mass is 365 g/mol. The molecule has 1 aliphatic carbocycles. The third-order valence-electron chi connectivity index (χ3n) is 5.59. The van der Waals surface area contributed by atoms with Crippen molar-refractivity contribution in [1.82, 2.24) is 4.90 Å². The SMILES string of the molecule is FCCCN1CCC(Oc2cccc(C3=CCCCc4ccccc43)c2)C1. The summed E-state index contributed by atoms with van der Waals surface area (Å²) in [4.78, 5) is 2.30. The van der Waals surface area contributed by atoms with Crippen molar-refractivity contribution < 1.29 is 9.13 Å². The highest BCUT2D eigenvalue weighted by Gasteiger charge is 2.23. The predicted molar refractivity (Wildman–Crippen MR) is 109 cm³/mol. The maximum absolute atomic E-state index is 12.4. The van der Waals surface area contributed by atoms with Crippen LogP contribution >= 0.6 is 0 Å². The lowest BCUT2D eigenvalue weighted by molar-refractivity contribution is 0.198. The summed E-state index contributed by atoms with van der Waals surface area (Å²) in [5.41, 5.74) is 5.34. The van der Waals surface area contributed by atoms with E-state index in [1.54, 1.807) is 0 Å². The Bertz CT molecular complexity index is 800. The predicted octanol–water partition coefficient (Wildman–Crippen LogP) is 5.27. The Hall–Kier alpha value is -2.13. The number of allylic oxidation sites excluding steroid dienone is 1. The Labute approximate surface area is 161 Å². The topological polar surface area (TPSA) is 12.5 Å². The minimum atomic E-state index is -0.235. The second-order valence-corrected chi connectivity index (χ2v) is 7.57. The van der Waals surface area contributed by atoms with Gasteiger partial charge in [-0.25, -0.2) is 0 Å². The first-order valence-corrected chi connectivity index (χ1v) is 10.2. The van der Waals surface area contributed by atoms with E-state index in [1.807, 2.05) is 0 Å². The van der Waals surface area contributed by atoms with Gasteiger partial charge in [0.05, 0.1) is 6.67 Å². The van der Waals surface area contributed by atoms with Crippen molar-refractivity contribution in [2.45, 2.75) is 38.2 Å². The van der Waals surface area contributed by atoms with Gasteiger partial charge in [0, 0.05) is 19.6 Å². The van der Waals surface area contributed by atoms with E-state index in [4.69, 9.17) is 4.74 Å². The quantitative estimate of drug-likeness (QED) is 0.692. The van der Waals surface area contributed by atoms with Gasteiger partial charge in [0.1, 0.15) is 11.9 Å². The third-order valence-corrected chi connectivity index (χ3v) is 5.59. The number of rotatable bonds is 6. The van der Waals surface area contributed by atoms with E-state index >= 15 is 0 Å². The fraction of sp³-hybridized carbons (Fsp3) is 0.417. The van der Waals surface area contributed by atoms with E-state index in [1.165, 1.54) is 28.7 Å². The summed E-state index contributed by atoms with van der Waals surface area (Å²) in [6.07, 6.45) is 7.67. The summed E-state index contributed by atoms with van der Waals surface area (Å²) < 4.78 is 18.7. The average molecular weight is 365 g/mol. The second-order valence-electron chi connectivity index (χ2n) is 7.57. The number of halogens is 1. The van der Waals surface area contributed by atoms with Gasteiger partial charge in [0.15, 0.2) is 0 Å². The van der Waals surface area contributed by atoms with Crippen LogP contribution in [0.15, 0.2) is 54.6 Å². The van der Waals surface area contributed by atoms with Crippen LogP contribution in [0.1, 0.15) is 42.4 Å². The number of hydrogen-bond acceptors (Lipinski definition) is 2. The molecule has 1 unspecified atom stereocenters. The zero-order valence-electron chi connectivity index (χ0n) is 15.9. The van der Waals surface area contributed by atoms with Crippen LogP contribution in [0.4, 0.5) is 4.39 Å². The number of alkyl halides is 1. The molecule has 4 rings (SSSR count). The molecule has 0 radical (unpaired) electrons. The van der Waals surface area contributed by atoms with Gasteiger partial charge in [-0.3, -0.25) is 9.29 Å². The average Bonchev–Trinajstić information content (AvgIpc) is 3.02. The summed E-state index contributed by atoms with van der Waals surface area (Å²) in [7, 11) is 0. The fourth-order valence-corrected chi connectivity index (χ4v) is 4.23. The summed E-state index contributed by atoms with van der Waals surface area (Å²) in [6.45, 7) is 2.50. The highest BCUT2D eigenvalue weighted by molar-refractivity contribution is 5.82. The molecule has 1 heterocycles. The van der Waals surface area contributed by atoms with Gasteiger partial charge in [0.2, 0.25) is 0 Å². The number of benzene rings is 2. The van der Waals surface area contributed by atoms with Crippen LogP contribution in [0.3, 0.4) is 0 Å². The molecule has 1 fully saturated rings. The summed E-state index contributed by atoms with van der Waals surface area (Å²) in [5.74, 6) is 0.937. The molecule has 1 atom stereocenters. The van der Waals surface area contributed by atoms with Crippen LogP contribution in [-0.2, 0) is 6.42 Å². The van der Waals surface area contributed by atoms with Gasteiger partial charge in [-0.05, 0) is 66.5 Å². The van der Waals surface area contributed by atoms with Gasteiger partial charge in [-0.15, -0.1) is 0 Å². The highest BCUT2D eigenvalue weighted by Crippen LogP contribution is 2.32. The largest absolute Gasteiger partial charge is 0.489 e. The fourth-order valence-electron chi connectivity index (χ4n) is 4.23. The number of aryl methyl sites for hydroxylation is 1. The Morgan fingerprint density at radius 2 is 2.04 bits per heavy atom. The van der Waals surface area contributed by atoms with E-state index in [-0.39, 0.29) is 12.8 Å². The van der Waals surface area contributed by atoms with Crippen LogP contribution < -0.4 is 4.74 Å². The Kier molecular flexibility index (Phi) is 5.88. The standard InChI is InChI=1S/C24H28FNO/c25-14-6-15-26-16-13-22(18-26)27-21-10-5-9-20(17-21)24-12-4-2-8-19-7-1-3-11-23(19)24/h1,3,5,7,9-12,17,22H,2,4,6,8,13-16,18H2. The number of nitrogens with zero attached hydrogens (tertiary/aromatic N) is 1. The Balaban J connectivity index is 1.50. The number of ether oxygens (including phenoxy) is 1. The van der Waals surface area contributed by atoms with Crippen molar-refractivity contribution >= 4 is 5.57 Å². The first kappa shape index (κ1) is 18.2. The first-order valence-electron chi connectivity index (χ1n) is 10.2. The molecule has 1 aliphatic heterocycles. The molecule has 0 N–H and O–H groups in total. The molecule has 2 nitrogen and oxygen atoms in total. The molecule has 2 aliphatic rings. The zero-order chi connectivity index (χ0) is 18.5. The van der Waals surface area contributed by atoms with Crippen molar-refractivity contribution in [3.63, 3.8) is 0 Å². The van der Waals surface area contributed by atoms with Crippen molar-refractivity contribution in [2.24, 2.45) is 0 Å². The van der Waals surface area contributed by atoms with Gasteiger partial charge in [-0.2, -0.15) is 0 Å². The molecule has 0 amide bonds. The van der Waals surface area contributed by atoms with Gasteiger partial charge in [0.25, 0.3) is 0 Å². The van der Waals surface area contributed by atoms with Crippen LogP contribution in [0, 0.1) is 0 Å². The molecular formula is C24H28FNO. The number of hydrogen-bond donors (Lipinski definition) is 0. The van der Waals surface area contributed by atoms with Crippen LogP contribution in [0.25, 0.3) is 5.57 Å². The van der Waals surface area contributed by atoms with Gasteiger partial charge < -0.3 is 4.74 Å². The normalized spacial score (nSPS) is 20.0. The van der Waals surface area contributed by atoms with E-state index in [0.29, 0.717) is 6.42 Å². The lowest BCUT2D eigenvalue weighted by Crippen LogP contribution is -2.26. The maximum Gasteiger partial charge on any atom is 0.120 e. The summed E-state index contributed by atoms with van der Waals surface area (Å²) in [6, 6.07) is 17.3. The van der Waals surface area contributed by atoms with Crippen molar-refractivity contribution in [2.75, 3.05) is 26.3 Å².